The lowest BCUT2D eigenvalue weighted by Crippen LogP contribution is -2.64. The predicted molar refractivity (Wildman–Crippen MR) is 105 cm³/mol. The van der Waals surface area contributed by atoms with Crippen molar-refractivity contribution < 1.29 is 23.1 Å². The summed E-state index contributed by atoms with van der Waals surface area (Å²) in [6, 6.07) is 7.87. The first-order valence-corrected chi connectivity index (χ1v) is 9.80. The third kappa shape index (κ3) is 3.85. The summed E-state index contributed by atoms with van der Waals surface area (Å²) in [6.07, 6.45) is -3.49. The zero-order valence-electron chi connectivity index (χ0n) is 15.0. The Hall–Kier alpha value is -2.12. The summed E-state index contributed by atoms with van der Waals surface area (Å²) in [5.41, 5.74) is -0.145. The maximum Gasteiger partial charge on any atom is 0.416 e. The molecule has 154 valence electrons. The highest BCUT2D eigenvalue weighted by Gasteiger charge is 2.47. The minimum Gasteiger partial charge on any atom is -0.506 e. The molecular formula is C20H17Cl2F3N2O2. The Morgan fingerprint density at radius 3 is 2.48 bits per heavy atom. The lowest BCUT2D eigenvalue weighted by atomic mass is 9.66. The second kappa shape index (κ2) is 7.29. The highest BCUT2D eigenvalue weighted by molar-refractivity contribution is 6.36. The molecule has 1 aliphatic carbocycles. The quantitative estimate of drug-likeness (QED) is 0.702. The normalized spacial score (nSPS) is 23.5. The van der Waals surface area contributed by atoms with Gasteiger partial charge < -0.3 is 15.3 Å². The van der Waals surface area contributed by atoms with Gasteiger partial charge in [0.2, 0.25) is 0 Å². The number of nitrogens with one attached hydrogen (secondary N) is 1. The number of hydrogen-bond donors (Lipinski definition) is 2. The first kappa shape index (κ1) is 20.2. The van der Waals surface area contributed by atoms with Gasteiger partial charge in [-0.05, 0) is 48.6 Å². The highest BCUT2D eigenvalue weighted by atomic mass is 35.5. The van der Waals surface area contributed by atoms with Crippen LogP contribution in [-0.4, -0.2) is 30.1 Å². The van der Waals surface area contributed by atoms with E-state index in [0.717, 1.165) is 18.6 Å². The Bertz CT molecular complexity index is 955. The minimum absolute atomic E-state index is 0.00204. The van der Waals surface area contributed by atoms with Gasteiger partial charge in [-0.1, -0.05) is 29.3 Å². The summed E-state index contributed by atoms with van der Waals surface area (Å²) in [4.78, 5) is 14.5. The van der Waals surface area contributed by atoms with Gasteiger partial charge in [0.25, 0.3) is 5.91 Å². The molecule has 5 rings (SSSR count). The number of benzene rings is 2. The smallest absolute Gasteiger partial charge is 0.416 e. The van der Waals surface area contributed by atoms with Crippen molar-refractivity contribution in [2.45, 2.75) is 18.6 Å². The molecule has 3 aliphatic rings. The molecule has 2 N–H and O–H groups in total. The molecule has 0 aromatic heterocycles. The molecule has 2 atom stereocenters. The molecule has 0 radical (unpaired) electrons. The number of nitrogens with zero attached hydrogens (tertiary/aromatic N) is 1. The number of carbonyl (C=O) groups excluding carboxylic acids is 1. The SMILES string of the molecule is O=C(NC1C2CC1CN(c1cccc(C(F)(F)F)c1)C2)c1cc(Cl)cc(Cl)c1O. The Balaban J connectivity index is 1.45. The van der Waals surface area contributed by atoms with E-state index in [1.54, 1.807) is 6.07 Å². The molecule has 9 heteroatoms. The lowest BCUT2D eigenvalue weighted by Gasteiger charge is -2.54. The van der Waals surface area contributed by atoms with E-state index in [2.05, 4.69) is 5.32 Å². The van der Waals surface area contributed by atoms with Crippen LogP contribution in [0.25, 0.3) is 0 Å². The molecule has 2 saturated heterocycles. The van der Waals surface area contributed by atoms with Crippen LogP contribution in [0.3, 0.4) is 0 Å². The minimum atomic E-state index is -4.38. The number of rotatable bonds is 3. The third-order valence-corrected chi connectivity index (χ3v) is 6.15. The fourth-order valence-corrected chi connectivity index (χ4v) is 4.68. The Kier molecular flexibility index (Phi) is 5.07. The molecule has 2 aromatic carbocycles. The van der Waals surface area contributed by atoms with Gasteiger partial charge in [0, 0.05) is 29.8 Å². The van der Waals surface area contributed by atoms with Crippen LogP contribution in [0.2, 0.25) is 10.0 Å². The van der Waals surface area contributed by atoms with Gasteiger partial charge in [-0.25, -0.2) is 0 Å². The number of anilines is 1. The molecular weight excluding hydrogens is 428 g/mol. The van der Waals surface area contributed by atoms with Crippen LogP contribution >= 0.6 is 23.2 Å². The zero-order valence-corrected chi connectivity index (χ0v) is 16.5. The van der Waals surface area contributed by atoms with Crippen molar-refractivity contribution in [2.75, 3.05) is 18.0 Å². The van der Waals surface area contributed by atoms with Crippen LogP contribution in [-0.2, 0) is 6.18 Å². The Morgan fingerprint density at radius 1 is 1.14 bits per heavy atom. The standard InChI is InChI=1S/C20H17Cl2F3N2O2/c21-13-6-15(18(28)16(22)7-13)19(29)26-17-10-4-11(17)9-27(8-10)14-3-1-2-12(5-14)20(23,24)25/h1-3,5-7,10-11,17,28H,4,8-9H2,(H,26,29). The lowest BCUT2D eigenvalue weighted by molar-refractivity contribution is -0.137. The number of piperidine rings is 2. The van der Waals surface area contributed by atoms with E-state index < -0.39 is 17.6 Å². The van der Waals surface area contributed by atoms with Crippen molar-refractivity contribution in [1.82, 2.24) is 5.32 Å². The monoisotopic (exact) mass is 444 g/mol. The summed E-state index contributed by atoms with van der Waals surface area (Å²) in [6.45, 7) is 1.09. The number of phenolic OH excluding ortho intramolecular Hbond substituents is 1. The van der Waals surface area contributed by atoms with Crippen LogP contribution in [0.15, 0.2) is 36.4 Å². The highest BCUT2D eigenvalue weighted by Crippen LogP contribution is 2.43. The van der Waals surface area contributed by atoms with Gasteiger partial charge in [-0.2, -0.15) is 13.2 Å². The van der Waals surface area contributed by atoms with E-state index in [-0.39, 0.29) is 39.2 Å². The number of amides is 1. The Morgan fingerprint density at radius 2 is 1.83 bits per heavy atom. The van der Waals surface area contributed by atoms with E-state index in [9.17, 15) is 23.1 Å². The number of hydrogen-bond acceptors (Lipinski definition) is 3. The van der Waals surface area contributed by atoms with Gasteiger partial charge in [0.05, 0.1) is 16.1 Å². The zero-order chi connectivity index (χ0) is 20.9. The van der Waals surface area contributed by atoms with Crippen molar-refractivity contribution >= 4 is 34.8 Å². The van der Waals surface area contributed by atoms with Gasteiger partial charge in [-0.3, -0.25) is 4.79 Å². The van der Waals surface area contributed by atoms with Crippen LogP contribution < -0.4 is 10.2 Å². The second-order valence-corrected chi connectivity index (χ2v) is 8.34. The van der Waals surface area contributed by atoms with E-state index in [0.29, 0.717) is 18.8 Å². The maximum atomic E-state index is 13.0. The third-order valence-electron chi connectivity index (χ3n) is 5.64. The van der Waals surface area contributed by atoms with E-state index in [1.165, 1.54) is 18.2 Å². The molecule has 3 fully saturated rings. The number of halogens is 5. The van der Waals surface area contributed by atoms with Crippen molar-refractivity contribution in [2.24, 2.45) is 11.8 Å². The van der Waals surface area contributed by atoms with Crippen LogP contribution in [0.5, 0.6) is 5.75 Å². The molecule has 0 spiro atoms. The average Bonchev–Trinajstić information content (AvgIpc) is 2.68. The number of aromatic hydroxyl groups is 1. The van der Waals surface area contributed by atoms with Crippen LogP contribution in [0.4, 0.5) is 18.9 Å². The largest absolute Gasteiger partial charge is 0.506 e. The molecule has 2 aromatic rings. The van der Waals surface area contributed by atoms with Crippen molar-refractivity contribution in [1.29, 1.82) is 0 Å². The molecule has 2 heterocycles. The molecule has 1 saturated carbocycles. The summed E-state index contributed by atoms with van der Waals surface area (Å²) < 4.78 is 38.9. The number of alkyl halides is 3. The van der Waals surface area contributed by atoms with Crippen molar-refractivity contribution in [3.8, 4) is 5.75 Å². The Labute approximate surface area is 175 Å². The topological polar surface area (TPSA) is 52.6 Å². The van der Waals surface area contributed by atoms with Gasteiger partial charge in [0.1, 0.15) is 5.75 Å². The molecule has 1 amide bonds. The fourth-order valence-electron chi connectivity index (χ4n) is 4.18. The van der Waals surface area contributed by atoms with Crippen LogP contribution in [0.1, 0.15) is 22.3 Å². The van der Waals surface area contributed by atoms with E-state index in [4.69, 9.17) is 23.2 Å². The van der Waals surface area contributed by atoms with E-state index in [1.807, 2.05) is 4.90 Å². The number of phenols is 1. The summed E-state index contributed by atoms with van der Waals surface area (Å²) in [7, 11) is 0. The van der Waals surface area contributed by atoms with Gasteiger partial charge in [-0.15, -0.1) is 0 Å². The van der Waals surface area contributed by atoms with Gasteiger partial charge in [0.15, 0.2) is 0 Å². The predicted octanol–water partition coefficient (Wildman–Crippen LogP) is 4.97. The summed E-state index contributed by atoms with van der Waals surface area (Å²) in [5.74, 6) is -0.573. The maximum absolute atomic E-state index is 13.0. The van der Waals surface area contributed by atoms with E-state index >= 15 is 0 Å². The van der Waals surface area contributed by atoms with Crippen molar-refractivity contribution in [3.05, 3.63) is 57.6 Å². The summed E-state index contributed by atoms with van der Waals surface area (Å²) in [5, 5.41) is 13.2. The van der Waals surface area contributed by atoms with Crippen molar-refractivity contribution in [3.63, 3.8) is 0 Å². The molecule has 2 aliphatic heterocycles. The molecule has 29 heavy (non-hydrogen) atoms. The number of carbonyl (C=O) groups is 1. The molecule has 2 bridgehead atoms. The van der Waals surface area contributed by atoms with Crippen LogP contribution in [0, 0.1) is 11.8 Å². The molecule has 4 nitrogen and oxygen atoms in total. The van der Waals surface area contributed by atoms with Gasteiger partial charge >= 0.3 is 6.18 Å². The first-order chi connectivity index (χ1) is 13.6. The summed E-state index contributed by atoms with van der Waals surface area (Å²) >= 11 is 11.8. The fraction of sp³-hybridized carbons (Fsp3) is 0.350. The average molecular weight is 445 g/mol. The second-order valence-electron chi connectivity index (χ2n) is 7.49. The number of fused-ring (bicyclic) bond motifs is 2. The molecule has 2 unspecified atom stereocenters. The first-order valence-electron chi connectivity index (χ1n) is 9.04.